The lowest BCUT2D eigenvalue weighted by atomic mass is 10.1. The highest BCUT2D eigenvalue weighted by Gasteiger charge is 2.10. The Morgan fingerprint density at radius 1 is 1.67 bits per heavy atom. The second-order valence-electron chi connectivity index (χ2n) is 3.11. The summed E-state index contributed by atoms with van der Waals surface area (Å²) in [6.07, 6.45) is 2.48. The zero-order valence-electron chi connectivity index (χ0n) is 8.50. The maximum Gasteiger partial charge on any atom is 0.166 e. The first kappa shape index (κ1) is 11.9. The van der Waals surface area contributed by atoms with Crippen molar-refractivity contribution >= 4 is 23.2 Å². The van der Waals surface area contributed by atoms with Gasteiger partial charge in [0, 0.05) is 26.3 Å². The number of anilines is 1. The lowest BCUT2D eigenvalue weighted by molar-refractivity contribution is 0.0964. The molecule has 1 aromatic rings. The minimum Gasteiger partial charge on any atom is -0.385 e. The molecule has 0 aromatic carbocycles. The van der Waals surface area contributed by atoms with Crippen molar-refractivity contribution in [3.05, 3.63) is 22.8 Å². The summed E-state index contributed by atoms with van der Waals surface area (Å²) in [5, 5.41) is 0.416. The van der Waals surface area contributed by atoms with Crippen LogP contribution in [0.2, 0.25) is 5.02 Å². The number of ether oxygens (including phenoxy) is 1. The molecule has 0 aliphatic carbocycles. The molecule has 0 aliphatic rings. The summed E-state index contributed by atoms with van der Waals surface area (Å²) in [4.78, 5) is 15.5. The Morgan fingerprint density at radius 2 is 2.40 bits per heavy atom. The molecule has 0 saturated heterocycles. The fourth-order valence-corrected chi connectivity index (χ4v) is 1.34. The van der Waals surface area contributed by atoms with Crippen LogP contribution in [0.1, 0.15) is 23.2 Å². The predicted octanol–water partition coefficient (Wildman–Crippen LogP) is 1.93. The minimum absolute atomic E-state index is 0.0560. The third kappa shape index (κ3) is 3.49. The topological polar surface area (TPSA) is 65.2 Å². The first-order valence-electron chi connectivity index (χ1n) is 4.58. The molecule has 82 valence electrons. The second-order valence-corrected chi connectivity index (χ2v) is 3.54. The van der Waals surface area contributed by atoms with Gasteiger partial charge >= 0.3 is 0 Å². The van der Waals surface area contributed by atoms with Gasteiger partial charge in [-0.25, -0.2) is 4.98 Å². The number of ketones is 1. The van der Waals surface area contributed by atoms with Crippen LogP contribution >= 0.6 is 11.6 Å². The molecule has 0 atom stereocenters. The molecule has 0 bridgehead atoms. The zero-order valence-corrected chi connectivity index (χ0v) is 9.25. The quantitative estimate of drug-likeness (QED) is 0.618. The number of nitrogens with two attached hydrogens (primary N) is 1. The lowest BCUT2D eigenvalue weighted by Crippen LogP contribution is -2.06. The molecule has 0 radical (unpaired) electrons. The van der Waals surface area contributed by atoms with Crippen molar-refractivity contribution in [2.45, 2.75) is 12.8 Å². The van der Waals surface area contributed by atoms with Crippen LogP contribution in [0, 0.1) is 0 Å². The smallest absolute Gasteiger partial charge is 0.166 e. The maximum absolute atomic E-state index is 11.7. The van der Waals surface area contributed by atoms with Crippen LogP contribution in [0.15, 0.2) is 12.3 Å². The van der Waals surface area contributed by atoms with E-state index in [0.29, 0.717) is 30.0 Å². The SMILES string of the molecule is COCCCC(=O)c1cc(Cl)cnc1N. The van der Waals surface area contributed by atoms with Gasteiger partial charge in [-0.15, -0.1) is 0 Å². The van der Waals surface area contributed by atoms with Crippen molar-refractivity contribution in [3.63, 3.8) is 0 Å². The molecule has 1 heterocycles. The molecule has 4 nitrogen and oxygen atoms in total. The first-order valence-corrected chi connectivity index (χ1v) is 4.96. The van der Waals surface area contributed by atoms with E-state index in [4.69, 9.17) is 22.1 Å². The van der Waals surface area contributed by atoms with E-state index in [1.807, 2.05) is 0 Å². The molecule has 1 rings (SSSR count). The molecular formula is C10H13ClN2O2. The molecule has 0 aliphatic heterocycles. The lowest BCUT2D eigenvalue weighted by Gasteiger charge is -2.04. The molecule has 5 heteroatoms. The normalized spacial score (nSPS) is 10.3. The van der Waals surface area contributed by atoms with Crippen LogP contribution in [0.3, 0.4) is 0 Å². The summed E-state index contributed by atoms with van der Waals surface area (Å²) < 4.78 is 4.86. The van der Waals surface area contributed by atoms with Gasteiger partial charge in [-0.2, -0.15) is 0 Å². The number of rotatable bonds is 5. The number of hydrogen-bond acceptors (Lipinski definition) is 4. The number of pyridine rings is 1. The van der Waals surface area contributed by atoms with E-state index in [2.05, 4.69) is 4.98 Å². The average Bonchev–Trinajstić information content (AvgIpc) is 2.22. The van der Waals surface area contributed by atoms with Crippen molar-refractivity contribution in [2.24, 2.45) is 0 Å². The molecule has 1 aromatic heterocycles. The van der Waals surface area contributed by atoms with Gasteiger partial charge in [0.2, 0.25) is 0 Å². The number of aromatic nitrogens is 1. The summed E-state index contributed by atoms with van der Waals surface area (Å²) >= 11 is 5.73. The van der Waals surface area contributed by atoms with Crippen LogP contribution in [0.25, 0.3) is 0 Å². The molecule has 0 fully saturated rings. The molecule has 0 unspecified atom stereocenters. The number of hydrogen-bond donors (Lipinski definition) is 1. The summed E-state index contributed by atoms with van der Waals surface area (Å²) in [7, 11) is 1.60. The Morgan fingerprint density at radius 3 is 3.07 bits per heavy atom. The molecule has 0 amide bonds. The van der Waals surface area contributed by atoms with Crippen molar-refractivity contribution in [3.8, 4) is 0 Å². The van der Waals surface area contributed by atoms with Crippen LogP contribution in [0.4, 0.5) is 5.82 Å². The van der Waals surface area contributed by atoms with Gasteiger partial charge in [0.1, 0.15) is 5.82 Å². The number of carbonyl (C=O) groups is 1. The average molecular weight is 229 g/mol. The van der Waals surface area contributed by atoms with Crippen molar-refractivity contribution in [1.82, 2.24) is 4.98 Å². The Hall–Kier alpha value is -1.13. The fraction of sp³-hybridized carbons (Fsp3) is 0.400. The third-order valence-electron chi connectivity index (χ3n) is 1.94. The van der Waals surface area contributed by atoms with Crippen molar-refractivity contribution in [2.75, 3.05) is 19.5 Å². The molecule has 0 spiro atoms. The largest absolute Gasteiger partial charge is 0.385 e. The Bertz CT molecular complexity index is 355. The van der Waals surface area contributed by atoms with Crippen LogP contribution in [-0.2, 0) is 4.74 Å². The molecule has 15 heavy (non-hydrogen) atoms. The van der Waals surface area contributed by atoms with Gasteiger partial charge in [-0.05, 0) is 12.5 Å². The zero-order chi connectivity index (χ0) is 11.3. The molecule has 0 saturated carbocycles. The van der Waals surface area contributed by atoms with Gasteiger partial charge in [0.25, 0.3) is 0 Å². The maximum atomic E-state index is 11.7. The van der Waals surface area contributed by atoms with E-state index in [1.165, 1.54) is 6.20 Å². The Balaban J connectivity index is 2.68. The number of nitrogen functional groups attached to an aromatic ring is 1. The third-order valence-corrected chi connectivity index (χ3v) is 2.14. The van der Waals surface area contributed by atoms with Crippen LogP contribution in [0.5, 0.6) is 0 Å². The van der Waals surface area contributed by atoms with Crippen LogP contribution in [-0.4, -0.2) is 24.5 Å². The van der Waals surface area contributed by atoms with E-state index in [-0.39, 0.29) is 11.6 Å². The minimum atomic E-state index is -0.0560. The summed E-state index contributed by atoms with van der Waals surface area (Å²) in [6.45, 7) is 0.555. The monoisotopic (exact) mass is 228 g/mol. The van der Waals surface area contributed by atoms with Crippen molar-refractivity contribution in [1.29, 1.82) is 0 Å². The number of carbonyl (C=O) groups excluding carboxylic acids is 1. The number of nitrogens with zero attached hydrogens (tertiary/aromatic N) is 1. The van der Waals surface area contributed by atoms with Gasteiger partial charge in [0.15, 0.2) is 5.78 Å². The Kier molecular flexibility index (Phi) is 4.52. The van der Waals surface area contributed by atoms with E-state index >= 15 is 0 Å². The highest BCUT2D eigenvalue weighted by atomic mass is 35.5. The van der Waals surface area contributed by atoms with E-state index in [0.717, 1.165) is 0 Å². The summed E-state index contributed by atoms with van der Waals surface area (Å²) in [6, 6.07) is 1.54. The first-order chi connectivity index (χ1) is 7.15. The van der Waals surface area contributed by atoms with E-state index in [1.54, 1.807) is 13.2 Å². The summed E-state index contributed by atoms with van der Waals surface area (Å²) in [5.41, 5.74) is 5.96. The van der Waals surface area contributed by atoms with Gasteiger partial charge in [-0.3, -0.25) is 4.79 Å². The van der Waals surface area contributed by atoms with Crippen LogP contribution < -0.4 is 5.73 Å². The fourth-order valence-electron chi connectivity index (χ4n) is 1.18. The Labute approximate surface area is 93.4 Å². The highest BCUT2D eigenvalue weighted by Crippen LogP contribution is 2.17. The predicted molar refractivity (Wildman–Crippen MR) is 59.1 cm³/mol. The van der Waals surface area contributed by atoms with Gasteiger partial charge < -0.3 is 10.5 Å². The van der Waals surface area contributed by atoms with Gasteiger partial charge in [0.05, 0.1) is 10.6 Å². The second kappa shape index (κ2) is 5.68. The number of Topliss-reactive ketones (excluding diaryl/α,β-unsaturated/α-hetero) is 1. The number of methoxy groups -OCH3 is 1. The standard InChI is InChI=1S/C10H13ClN2O2/c1-15-4-2-3-9(14)8-5-7(11)6-13-10(8)12/h5-6H,2-4H2,1H3,(H2,12,13). The van der Waals surface area contributed by atoms with E-state index in [9.17, 15) is 4.79 Å². The summed E-state index contributed by atoms with van der Waals surface area (Å²) in [5.74, 6) is 0.168. The molecular weight excluding hydrogens is 216 g/mol. The van der Waals surface area contributed by atoms with Crippen molar-refractivity contribution < 1.29 is 9.53 Å². The van der Waals surface area contributed by atoms with Gasteiger partial charge in [-0.1, -0.05) is 11.6 Å². The van der Waals surface area contributed by atoms with E-state index < -0.39 is 0 Å². The molecule has 2 N–H and O–H groups in total. The number of halogens is 1. The highest BCUT2D eigenvalue weighted by molar-refractivity contribution is 6.31.